The summed E-state index contributed by atoms with van der Waals surface area (Å²) >= 11 is 0. The summed E-state index contributed by atoms with van der Waals surface area (Å²) in [6.07, 6.45) is 2.73. The Morgan fingerprint density at radius 1 is 1.11 bits per heavy atom. The number of hydrogen-bond donors (Lipinski definition) is 1. The molecule has 1 amide bonds. The van der Waals surface area contributed by atoms with Gasteiger partial charge < -0.3 is 5.32 Å². The highest BCUT2D eigenvalue weighted by Crippen LogP contribution is 2.13. The molecule has 0 spiro atoms. The first kappa shape index (κ1) is 16.6. The Morgan fingerprint density at radius 3 is 2.70 bits per heavy atom. The van der Waals surface area contributed by atoms with Gasteiger partial charge in [0, 0.05) is 5.69 Å². The number of halogens is 1. The van der Waals surface area contributed by atoms with E-state index in [0.29, 0.717) is 16.7 Å². The summed E-state index contributed by atoms with van der Waals surface area (Å²) in [6, 6.07) is 14.8. The van der Waals surface area contributed by atoms with E-state index >= 15 is 0 Å². The number of hydrogen-bond acceptors (Lipinski definition) is 4. The second-order valence-electron chi connectivity index (χ2n) is 5.87. The minimum absolute atomic E-state index is 0.241. The Labute approximate surface area is 152 Å². The van der Waals surface area contributed by atoms with Crippen LogP contribution in [-0.2, 0) is 11.3 Å². The van der Waals surface area contributed by atoms with Crippen LogP contribution in [0, 0.1) is 5.82 Å². The highest BCUT2D eigenvalue weighted by molar-refractivity contribution is 5.90. The van der Waals surface area contributed by atoms with Gasteiger partial charge in [-0.25, -0.2) is 14.1 Å². The van der Waals surface area contributed by atoms with Gasteiger partial charge in [-0.15, -0.1) is 0 Å². The largest absolute Gasteiger partial charge is 0.324 e. The summed E-state index contributed by atoms with van der Waals surface area (Å²) in [7, 11) is 0. The van der Waals surface area contributed by atoms with Crippen LogP contribution in [0.15, 0.2) is 71.9 Å². The summed E-state index contributed by atoms with van der Waals surface area (Å²) in [4.78, 5) is 29.1. The van der Waals surface area contributed by atoms with Gasteiger partial charge in [-0.2, -0.15) is 5.10 Å². The lowest BCUT2D eigenvalue weighted by Crippen LogP contribution is -2.27. The van der Waals surface area contributed by atoms with E-state index < -0.39 is 11.7 Å². The maximum atomic E-state index is 13.2. The van der Waals surface area contributed by atoms with Gasteiger partial charge in [-0.1, -0.05) is 24.3 Å². The molecule has 0 fully saturated rings. The monoisotopic (exact) mass is 363 g/mol. The Kier molecular flexibility index (Phi) is 4.21. The number of aromatic nitrogens is 4. The Hall–Kier alpha value is -3.81. The van der Waals surface area contributed by atoms with Crippen molar-refractivity contribution < 1.29 is 9.18 Å². The molecule has 0 bridgehead atoms. The number of rotatable bonds is 4. The molecule has 0 aliphatic rings. The number of nitrogens with one attached hydrogen (secondary N) is 1. The molecule has 0 aliphatic heterocycles. The quantitative estimate of drug-likeness (QED) is 0.603. The van der Waals surface area contributed by atoms with Gasteiger partial charge in [0.05, 0.1) is 11.9 Å². The number of carbonyl (C=O) groups excluding carboxylic acids is 1. The first-order valence-corrected chi connectivity index (χ1v) is 8.16. The van der Waals surface area contributed by atoms with Crippen LogP contribution in [0.2, 0.25) is 0 Å². The van der Waals surface area contributed by atoms with Crippen molar-refractivity contribution in [2.75, 3.05) is 5.32 Å². The standard InChI is InChI=1S/C19H14FN5O2/c20-13-5-4-6-14(9-13)23-17(26)11-24-12-21-18-16(19(24)27)10-22-25(18)15-7-2-1-3-8-15/h1-10,12H,11H2,(H,23,26). The lowest BCUT2D eigenvalue weighted by molar-refractivity contribution is -0.116. The molecule has 0 aliphatic carbocycles. The zero-order valence-electron chi connectivity index (χ0n) is 14.0. The Morgan fingerprint density at radius 2 is 1.93 bits per heavy atom. The molecule has 4 rings (SSSR count). The summed E-state index contributed by atoms with van der Waals surface area (Å²) in [5, 5.41) is 7.08. The molecule has 134 valence electrons. The fourth-order valence-electron chi connectivity index (χ4n) is 2.74. The topological polar surface area (TPSA) is 81.8 Å². The van der Waals surface area contributed by atoms with Gasteiger partial charge in [-0.05, 0) is 30.3 Å². The molecular formula is C19H14FN5O2. The molecule has 7 nitrogen and oxygen atoms in total. The summed E-state index contributed by atoms with van der Waals surface area (Å²) < 4.78 is 16.0. The van der Waals surface area contributed by atoms with Crippen LogP contribution in [0.4, 0.5) is 10.1 Å². The lowest BCUT2D eigenvalue weighted by atomic mass is 10.3. The normalized spacial score (nSPS) is 10.9. The third-order valence-electron chi connectivity index (χ3n) is 3.98. The van der Waals surface area contributed by atoms with Crippen LogP contribution in [-0.4, -0.2) is 25.2 Å². The first-order chi connectivity index (χ1) is 13.1. The van der Waals surface area contributed by atoms with Crippen molar-refractivity contribution >= 4 is 22.6 Å². The van der Waals surface area contributed by atoms with Crippen molar-refractivity contribution in [3.8, 4) is 5.69 Å². The van der Waals surface area contributed by atoms with E-state index in [0.717, 1.165) is 5.69 Å². The third-order valence-corrected chi connectivity index (χ3v) is 3.98. The molecule has 0 radical (unpaired) electrons. The van der Waals surface area contributed by atoms with Gasteiger partial charge in [0.2, 0.25) is 5.91 Å². The van der Waals surface area contributed by atoms with Crippen molar-refractivity contribution in [1.82, 2.24) is 19.3 Å². The van der Waals surface area contributed by atoms with E-state index in [1.165, 1.54) is 35.3 Å². The van der Waals surface area contributed by atoms with Crippen molar-refractivity contribution in [1.29, 1.82) is 0 Å². The van der Waals surface area contributed by atoms with E-state index in [9.17, 15) is 14.0 Å². The van der Waals surface area contributed by atoms with Crippen LogP contribution < -0.4 is 10.9 Å². The van der Waals surface area contributed by atoms with Crippen LogP contribution >= 0.6 is 0 Å². The maximum Gasteiger partial charge on any atom is 0.264 e. The molecule has 1 N–H and O–H groups in total. The molecule has 4 aromatic rings. The third kappa shape index (κ3) is 3.32. The summed E-state index contributed by atoms with van der Waals surface area (Å²) in [5.74, 6) is -0.916. The summed E-state index contributed by atoms with van der Waals surface area (Å²) in [6.45, 7) is -0.241. The molecule has 27 heavy (non-hydrogen) atoms. The summed E-state index contributed by atoms with van der Waals surface area (Å²) in [5.41, 5.74) is 1.13. The Bertz CT molecular complexity index is 1180. The predicted molar refractivity (Wildman–Crippen MR) is 98.2 cm³/mol. The smallest absolute Gasteiger partial charge is 0.264 e. The second kappa shape index (κ2) is 6.83. The zero-order valence-corrected chi connectivity index (χ0v) is 14.0. The molecule has 0 atom stereocenters. The van der Waals surface area contributed by atoms with E-state index in [1.807, 2.05) is 30.3 Å². The number of carbonyl (C=O) groups is 1. The van der Waals surface area contributed by atoms with Crippen molar-refractivity contribution in [2.24, 2.45) is 0 Å². The van der Waals surface area contributed by atoms with Crippen LogP contribution in [0.3, 0.4) is 0 Å². The number of amides is 1. The number of benzene rings is 2. The molecule has 0 saturated heterocycles. The van der Waals surface area contributed by atoms with Crippen LogP contribution in [0.5, 0.6) is 0 Å². The number of anilines is 1. The molecule has 8 heteroatoms. The van der Waals surface area contributed by atoms with Gasteiger partial charge in [0.25, 0.3) is 5.56 Å². The fraction of sp³-hybridized carbons (Fsp3) is 0.0526. The second-order valence-corrected chi connectivity index (χ2v) is 5.87. The Balaban J connectivity index is 1.61. The minimum Gasteiger partial charge on any atom is -0.324 e. The van der Waals surface area contributed by atoms with Gasteiger partial charge in [0.15, 0.2) is 5.65 Å². The van der Waals surface area contributed by atoms with Crippen LogP contribution in [0.1, 0.15) is 0 Å². The zero-order chi connectivity index (χ0) is 18.8. The average Bonchev–Trinajstić information content (AvgIpc) is 3.09. The van der Waals surface area contributed by atoms with Crippen molar-refractivity contribution in [2.45, 2.75) is 6.54 Å². The predicted octanol–water partition coefficient (Wildman–Crippen LogP) is 2.36. The van der Waals surface area contributed by atoms with Gasteiger partial charge in [-0.3, -0.25) is 14.2 Å². The highest BCUT2D eigenvalue weighted by Gasteiger charge is 2.13. The molecular weight excluding hydrogens is 349 g/mol. The molecule has 2 aromatic heterocycles. The first-order valence-electron chi connectivity index (χ1n) is 8.16. The van der Waals surface area contributed by atoms with E-state index in [-0.39, 0.29) is 12.1 Å². The van der Waals surface area contributed by atoms with Crippen molar-refractivity contribution in [3.05, 3.63) is 83.3 Å². The SMILES string of the molecule is O=C(Cn1cnc2c(cnn2-c2ccccc2)c1=O)Nc1cccc(F)c1. The van der Waals surface area contributed by atoms with Crippen LogP contribution in [0.25, 0.3) is 16.7 Å². The van der Waals surface area contributed by atoms with Gasteiger partial charge in [0.1, 0.15) is 24.1 Å². The highest BCUT2D eigenvalue weighted by atomic mass is 19.1. The van der Waals surface area contributed by atoms with Crippen molar-refractivity contribution in [3.63, 3.8) is 0 Å². The van der Waals surface area contributed by atoms with Gasteiger partial charge >= 0.3 is 0 Å². The molecule has 2 heterocycles. The molecule has 0 saturated carbocycles. The number of fused-ring (bicyclic) bond motifs is 1. The van der Waals surface area contributed by atoms with E-state index in [1.54, 1.807) is 10.7 Å². The molecule has 0 unspecified atom stereocenters. The maximum absolute atomic E-state index is 13.2. The van der Waals surface area contributed by atoms with E-state index in [2.05, 4.69) is 15.4 Å². The minimum atomic E-state index is -0.459. The average molecular weight is 363 g/mol. The fourth-order valence-corrected chi connectivity index (χ4v) is 2.74. The number of nitrogens with zero attached hydrogens (tertiary/aromatic N) is 4. The lowest BCUT2D eigenvalue weighted by Gasteiger charge is -2.08. The molecule has 2 aromatic carbocycles. The van der Waals surface area contributed by atoms with E-state index in [4.69, 9.17) is 0 Å². The number of para-hydroxylation sites is 1.